The van der Waals surface area contributed by atoms with E-state index in [4.69, 9.17) is 0 Å². The number of aryl methyl sites for hydroxylation is 2. The van der Waals surface area contributed by atoms with Crippen LogP contribution in [0.4, 0.5) is 17.6 Å². The van der Waals surface area contributed by atoms with Gasteiger partial charge in [0, 0.05) is 7.05 Å². The van der Waals surface area contributed by atoms with Crippen LogP contribution in [0.5, 0.6) is 0 Å². The van der Waals surface area contributed by atoms with Crippen LogP contribution in [0.25, 0.3) is 11.2 Å². The molecule has 0 saturated heterocycles. The van der Waals surface area contributed by atoms with Gasteiger partial charge in [-0.25, -0.2) is 4.98 Å². The van der Waals surface area contributed by atoms with Gasteiger partial charge in [-0.15, -0.1) is 5.10 Å². The summed E-state index contributed by atoms with van der Waals surface area (Å²) in [7, 11) is 1.81. The van der Waals surface area contributed by atoms with Crippen molar-refractivity contribution in [3.05, 3.63) is 47.9 Å². The first-order valence-electron chi connectivity index (χ1n) is 8.45. The van der Waals surface area contributed by atoms with Gasteiger partial charge in [-0.3, -0.25) is 4.68 Å². The number of hydrogen-bond acceptors (Lipinski definition) is 7. The number of H-pyrrole nitrogens is 1. The average molecular weight is 347 g/mol. The molecule has 1 aromatic carbocycles. The van der Waals surface area contributed by atoms with Crippen LogP contribution in [-0.4, -0.2) is 34.9 Å². The number of aromatic nitrogens is 7. The molecule has 0 aliphatic heterocycles. The number of aromatic amines is 1. The third-order valence-corrected chi connectivity index (χ3v) is 4.57. The number of nitrogens with one attached hydrogen (secondary N) is 3. The third-order valence-electron chi connectivity index (χ3n) is 4.57. The van der Waals surface area contributed by atoms with E-state index in [-0.39, 0.29) is 6.04 Å². The van der Waals surface area contributed by atoms with Crippen LogP contribution in [0.1, 0.15) is 23.6 Å². The summed E-state index contributed by atoms with van der Waals surface area (Å²) in [5.74, 6) is 1.74. The van der Waals surface area contributed by atoms with Crippen LogP contribution in [0.15, 0.2) is 36.8 Å². The van der Waals surface area contributed by atoms with E-state index in [2.05, 4.69) is 65.1 Å². The van der Waals surface area contributed by atoms with Crippen LogP contribution < -0.4 is 10.6 Å². The minimum absolute atomic E-state index is 0.219. The molecule has 26 heavy (non-hydrogen) atoms. The number of hydrogen-bond donors (Lipinski definition) is 3. The summed E-state index contributed by atoms with van der Waals surface area (Å²) in [5.41, 5.74) is 4.10. The van der Waals surface area contributed by atoms with Gasteiger partial charge in [0.15, 0.2) is 17.3 Å². The third kappa shape index (κ3) is 2.53. The highest BCUT2D eigenvalue weighted by molar-refractivity contribution is 5.84. The summed E-state index contributed by atoms with van der Waals surface area (Å²) in [6.45, 7) is 0. The Kier molecular flexibility index (Phi) is 3.30. The molecule has 9 heteroatoms. The van der Waals surface area contributed by atoms with E-state index in [1.165, 1.54) is 11.1 Å². The molecular weight excluding hydrogens is 330 g/mol. The maximum atomic E-state index is 4.63. The largest absolute Gasteiger partial charge is 0.361 e. The van der Waals surface area contributed by atoms with Crippen LogP contribution in [-0.2, 0) is 13.5 Å². The molecule has 0 spiro atoms. The van der Waals surface area contributed by atoms with E-state index in [1.807, 2.05) is 0 Å². The SMILES string of the molecule is Cn1cc(Nc2nc(N[C@H]3CCc4ccccc43)c3[nH]cnc3n2)nn1. The average Bonchev–Trinajstić information content (AvgIpc) is 3.36. The lowest BCUT2D eigenvalue weighted by Gasteiger charge is -2.15. The standard InChI is InChI=1S/C17H17N9/c1-26-8-13(24-25-26)21-17-22-15-14(18-9-19-15)16(23-17)20-12-7-6-10-4-2-3-5-11(10)12/h2-5,8-9,12H,6-7H2,1H3,(H3,18,19,20,21,22,23)/t12-/m0/s1. The predicted octanol–water partition coefficient (Wildman–Crippen LogP) is 2.32. The zero-order valence-electron chi connectivity index (χ0n) is 14.1. The van der Waals surface area contributed by atoms with E-state index in [0.29, 0.717) is 17.4 Å². The van der Waals surface area contributed by atoms with Crippen molar-refractivity contribution >= 4 is 28.7 Å². The molecule has 5 rings (SSSR count). The molecule has 3 aromatic heterocycles. The lowest BCUT2D eigenvalue weighted by atomic mass is 10.1. The molecule has 3 N–H and O–H groups in total. The summed E-state index contributed by atoms with van der Waals surface area (Å²) < 4.78 is 1.62. The van der Waals surface area contributed by atoms with Crippen molar-refractivity contribution < 1.29 is 0 Å². The molecule has 0 radical (unpaired) electrons. The fourth-order valence-electron chi connectivity index (χ4n) is 3.38. The maximum absolute atomic E-state index is 4.63. The van der Waals surface area contributed by atoms with Gasteiger partial charge in [-0.05, 0) is 24.0 Å². The van der Waals surface area contributed by atoms with Crippen molar-refractivity contribution in [1.82, 2.24) is 34.9 Å². The Balaban J connectivity index is 1.50. The predicted molar refractivity (Wildman–Crippen MR) is 97.1 cm³/mol. The van der Waals surface area contributed by atoms with E-state index < -0.39 is 0 Å². The quantitative estimate of drug-likeness (QED) is 0.520. The normalized spacial score (nSPS) is 16.0. The molecule has 1 aliphatic carbocycles. The van der Waals surface area contributed by atoms with Gasteiger partial charge in [0.1, 0.15) is 5.52 Å². The molecule has 0 bridgehead atoms. The zero-order valence-corrected chi connectivity index (χ0v) is 14.1. The number of nitrogens with zero attached hydrogens (tertiary/aromatic N) is 6. The minimum atomic E-state index is 0.219. The highest BCUT2D eigenvalue weighted by Gasteiger charge is 2.23. The first kappa shape index (κ1) is 14.8. The number of anilines is 3. The Bertz CT molecular complexity index is 1080. The Morgan fingerprint density at radius 1 is 1.23 bits per heavy atom. The molecule has 0 amide bonds. The highest BCUT2D eigenvalue weighted by atomic mass is 15.4. The van der Waals surface area contributed by atoms with Crippen LogP contribution >= 0.6 is 0 Å². The second kappa shape index (κ2) is 5.80. The number of benzene rings is 1. The van der Waals surface area contributed by atoms with Gasteiger partial charge in [-0.2, -0.15) is 9.97 Å². The fourth-order valence-corrected chi connectivity index (χ4v) is 3.38. The van der Waals surface area contributed by atoms with Crippen molar-refractivity contribution in [3.63, 3.8) is 0 Å². The van der Waals surface area contributed by atoms with E-state index in [1.54, 1.807) is 24.3 Å². The maximum Gasteiger partial charge on any atom is 0.232 e. The van der Waals surface area contributed by atoms with E-state index in [9.17, 15) is 0 Å². The van der Waals surface area contributed by atoms with Crippen molar-refractivity contribution in [1.29, 1.82) is 0 Å². The molecule has 1 aliphatic rings. The molecular formula is C17H17N9. The van der Waals surface area contributed by atoms with Crippen LogP contribution in [0.2, 0.25) is 0 Å². The smallest absolute Gasteiger partial charge is 0.232 e. The van der Waals surface area contributed by atoms with Crippen molar-refractivity contribution in [2.24, 2.45) is 7.05 Å². The molecule has 0 saturated carbocycles. The fraction of sp³-hybridized carbons (Fsp3) is 0.235. The topological polar surface area (TPSA) is 109 Å². The van der Waals surface area contributed by atoms with Gasteiger partial charge in [0.05, 0.1) is 18.6 Å². The van der Waals surface area contributed by atoms with Gasteiger partial charge < -0.3 is 15.6 Å². The minimum Gasteiger partial charge on any atom is -0.361 e. The molecule has 3 heterocycles. The Morgan fingerprint density at radius 2 is 2.15 bits per heavy atom. The molecule has 0 unspecified atom stereocenters. The van der Waals surface area contributed by atoms with Gasteiger partial charge in [0.2, 0.25) is 5.95 Å². The van der Waals surface area contributed by atoms with Crippen LogP contribution in [0.3, 0.4) is 0 Å². The number of fused-ring (bicyclic) bond motifs is 2. The molecule has 130 valence electrons. The van der Waals surface area contributed by atoms with Gasteiger partial charge >= 0.3 is 0 Å². The van der Waals surface area contributed by atoms with Crippen molar-refractivity contribution in [3.8, 4) is 0 Å². The van der Waals surface area contributed by atoms with E-state index in [0.717, 1.165) is 24.2 Å². The summed E-state index contributed by atoms with van der Waals surface area (Å²) in [6, 6.07) is 8.73. The number of rotatable bonds is 4. The summed E-state index contributed by atoms with van der Waals surface area (Å²) in [4.78, 5) is 16.5. The Morgan fingerprint density at radius 3 is 3.04 bits per heavy atom. The first-order chi connectivity index (χ1) is 12.8. The molecule has 9 nitrogen and oxygen atoms in total. The van der Waals surface area contributed by atoms with Crippen LogP contribution in [0, 0.1) is 0 Å². The molecule has 1 atom stereocenters. The highest BCUT2D eigenvalue weighted by Crippen LogP contribution is 2.34. The zero-order chi connectivity index (χ0) is 17.5. The molecule has 0 fully saturated rings. The van der Waals surface area contributed by atoms with E-state index >= 15 is 0 Å². The monoisotopic (exact) mass is 347 g/mol. The van der Waals surface area contributed by atoms with Crippen molar-refractivity contribution in [2.45, 2.75) is 18.9 Å². The lowest BCUT2D eigenvalue weighted by Crippen LogP contribution is -2.10. The second-order valence-electron chi connectivity index (χ2n) is 6.33. The lowest BCUT2D eigenvalue weighted by molar-refractivity contribution is 0.715. The second-order valence-corrected chi connectivity index (χ2v) is 6.33. The number of imidazole rings is 1. The Labute approximate surface area is 148 Å². The van der Waals surface area contributed by atoms with Crippen molar-refractivity contribution in [2.75, 3.05) is 10.6 Å². The summed E-state index contributed by atoms with van der Waals surface area (Å²) in [5, 5.41) is 14.6. The summed E-state index contributed by atoms with van der Waals surface area (Å²) in [6.07, 6.45) is 5.49. The Hall–Kier alpha value is -3.49. The van der Waals surface area contributed by atoms with Gasteiger partial charge in [0.25, 0.3) is 0 Å². The van der Waals surface area contributed by atoms with Gasteiger partial charge in [-0.1, -0.05) is 29.5 Å². The summed E-state index contributed by atoms with van der Waals surface area (Å²) >= 11 is 0. The first-order valence-corrected chi connectivity index (χ1v) is 8.45. The molecule has 4 aromatic rings.